The maximum Gasteiger partial charge on any atom is 0.226 e. The van der Waals surface area contributed by atoms with Crippen molar-refractivity contribution in [2.75, 3.05) is 6.54 Å². The van der Waals surface area contributed by atoms with Crippen LogP contribution in [-0.2, 0) is 9.53 Å². The summed E-state index contributed by atoms with van der Waals surface area (Å²) in [5.41, 5.74) is 0. The lowest BCUT2D eigenvalue weighted by Gasteiger charge is -2.40. The zero-order chi connectivity index (χ0) is 17.7. The van der Waals surface area contributed by atoms with Crippen molar-refractivity contribution in [3.8, 4) is 0 Å². The van der Waals surface area contributed by atoms with Gasteiger partial charge in [0, 0.05) is 18.5 Å². The lowest BCUT2D eigenvalue weighted by molar-refractivity contribution is -0.144. The van der Waals surface area contributed by atoms with Gasteiger partial charge in [-0.25, -0.2) is 0 Å². The van der Waals surface area contributed by atoms with Gasteiger partial charge in [0.05, 0.1) is 12.2 Å². The molecular formula is C20H39NO2. The van der Waals surface area contributed by atoms with E-state index in [4.69, 9.17) is 4.74 Å². The van der Waals surface area contributed by atoms with E-state index in [0.29, 0.717) is 29.7 Å². The first-order valence-corrected chi connectivity index (χ1v) is 9.75. The Bertz CT molecular complexity index is 359. The van der Waals surface area contributed by atoms with Crippen LogP contribution in [0.25, 0.3) is 0 Å². The Labute approximate surface area is 144 Å². The molecule has 0 saturated carbocycles. The average Bonchev–Trinajstić information content (AvgIpc) is 2.78. The normalized spacial score (nSPS) is 35.7. The molecule has 0 spiro atoms. The second-order valence-corrected chi connectivity index (χ2v) is 7.94. The van der Waals surface area contributed by atoms with Gasteiger partial charge in [0.2, 0.25) is 5.91 Å². The van der Waals surface area contributed by atoms with Gasteiger partial charge in [-0.05, 0) is 57.8 Å². The van der Waals surface area contributed by atoms with E-state index in [1.807, 2.05) is 13.8 Å². The number of rotatable bonds is 3. The quantitative estimate of drug-likeness (QED) is 0.749. The van der Waals surface area contributed by atoms with E-state index >= 15 is 0 Å². The lowest BCUT2D eigenvalue weighted by atomic mass is 9.75. The summed E-state index contributed by atoms with van der Waals surface area (Å²) in [5.74, 6) is 2.08. The van der Waals surface area contributed by atoms with Crippen LogP contribution < -0.4 is 0 Å². The summed E-state index contributed by atoms with van der Waals surface area (Å²) < 4.78 is 5.86. The Balaban J connectivity index is 0.00000127. The van der Waals surface area contributed by atoms with Crippen LogP contribution in [0.3, 0.4) is 0 Å². The first-order valence-electron chi connectivity index (χ1n) is 9.75. The van der Waals surface area contributed by atoms with Crippen LogP contribution >= 0.6 is 0 Å². The Kier molecular flexibility index (Phi) is 8.06. The third-order valence-corrected chi connectivity index (χ3v) is 5.31. The Morgan fingerprint density at radius 3 is 1.91 bits per heavy atom. The van der Waals surface area contributed by atoms with Crippen LogP contribution in [0.1, 0.15) is 74.7 Å². The number of carbonyl (C=O) groups is 1. The molecule has 2 aliphatic heterocycles. The molecule has 2 saturated heterocycles. The van der Waals surface area contributed by atoms with Gasteiger partial charge in [-0.1, -0.05) is 34.6 Å². The molecule has 2 rings (SSSR count). The fraction of sp³-hybridized carbons (Fsp3) is 0.950. The summed E-state index contributed by atoms with van der Waals surface area (Å²) in [6.45, 7) is 18.1. The van der Waals surface area contributed by atoms with Crippen LogP contribution in [0.4, 0.5) is 0 Å². The summed E-state index contributed by atoms with van der Waals surface area (Å²) in [6.07, 6.45) is 3.76. The Hall–Kier alpha value is -0.570. The average molecular weight is 326 g/mol. The smallest absolute Gasteiger partial charge is 0.226 e. The second-order valence-electron chi connectivity index (χ2n) is 7.94. The molecule has 136 valence electrons. The highest BCUT2D eigenvalue weighted by molar-refractivity contribution is 5.80. The van der Waals surface area contributed by atoms with Crippen molar-refractivity contribution in [3.05, 3.63) is 0 Å². The van der Waals surface area contributed by atoms with Crippen molar-refractivity contribution in [2.24, 2.45) is 23.7 Å². The minimum Gasteiger partial charge on any atom is -0.376 e. The molecule has 0 N–H and O–H groups in total. The molecule has 2 fully saturated rings. The summed E-state index contributed by atoms with van der Waals surface area (Å²) >= 11 is 0. The molecule has 0 bridgehead atoms. The molecule has 5 atom stereocenters. The van der Waals surface area contributed by atoms with Gasteiger partial charge in [0.25, 0.3) is 0 Å². The SMILES string of the molecule is CC.CC1C[C@@H](C)N(C(=O)C(C(C)C)C2CC(C)OC(C)C2)C1. The van der Waals surface area contributed by atoms with Crippen LogP contribution in [0, 0.1) is 23.7 Å². The van der Waals surface area contributed by atoms with Crippen molar-refractivity contribution in [2.45, 2.75) is 92.9 Å². The summed E-state index contributed by atoms with van der Waals surface area (Å²) in [4.78, 5) is 15.3. The first kappa shape index (κ1) is 20.5. The van der Waals surface area contributed by atoms with Gasteiger partial charge in [0.1, 0.15) is 0 Å². The molecule has 4 unspecified atom stereocenters. The number of likely N-dealkylation sites (tertiary alicyclic amines) is 1. The fourth-order valence-electron chi connectivity index (χ4n) is 4.58. The highest BCUT2D eigenvalue weighted by atomic mass is 16.5. The number of hydrogen-bond donors (Lipinski definition) is 0. The summed E-state index contributed by atoms with van der Waals surface area (Å²) in [7, 11) is 0. The van der Waals surface area contributed by atoms with Crippen molar-refractivity contribution < 1.29 is 9.53 Å². The largest absolute Gasteiger partial charge is 0.376 e. The van der Waals surface area contributed by atoms with Gasteiger partial charge in [0.15, 0.2) is 0 Å². The lowest BCUT2D eigenvalue weighted by Crippen LogP contribution is -2.46. The van der Waals surface area contributed by atoms with Gasteiger partial charge in [-0.15, -0.1) is 0 Å². The molecule has 2 aliphatic rings. The molecule has 0 aromatic heterocycles. The maximum absolute atomic E-state index is 13.1. The number of carbonyl (C=O) groups excluding carboxylic acids is 1. The fourth-order valence-corrected chi connectivity index (χ4v) is 4.58. The minimum absolute atomic E-state index is 0.159. The first-order chi connectivity index (χ1) is 10.8. The standard InChI is InChI=1S/C18H33NO2.C2H6/c1-11(2)17(16-8-14(5)21-15(6)9-16)18(20)19-10-12(3)7-13(19)4;1-2/h11-17H,7-10H2,1-6H3;1-2H3/t12?,13-,14?,15?,16?,17?;/m1./s1. The van der Waals surface area contributed by atoms with Gasteiger partial charge >= 0.3 is 0 Å². The van der Waals surface area contributed by atoms with Crippen molar-refractivity contribution >= 4 is 5.91 Å². The molecule has 23 heavy (non-hydrogen) atoms. The molecular weight excluding hydrogens is 286 g/mol. The van der Waals surface area contributed by atoms with E-state index in [1.165, 1.54) is 0 Å². The van der Waals surface area contributed by atoms with Crippen LogP contribution in [0.5, 0.6) is 0 Å². The third-order valence-electron chi connectivity index (χ3n) is 5.31. The van der Waals surface area contributed by atoms with Crippen LogP contribution in [0.15, 0.2) is 0 Å². The van der Waals surface area contributed by atoms with E-state index in [2.05, 4.69) is 46.4 Å². The molecule has 1 amide bonds. The van der Waals surface area contributed by atoms with Crippen molar-refractivity contribution in [3.63, 3.8) is 0 Å². The molecule has 0 aromatic rings. The van der Waals surface area contributed by atoms with Gasteiger partial charge in [-0.3, -0.25) is 4.79 Å². The maximum atomic E-state index is 13.1. The van der Waals surface area contributed by atoms with E-state index in [0.717, 1.165) is 25.8 Å². The molecule has 2 heterocycles. The Morgan fingerprint density at radius 2 is 1.52 bits per heavy atom. The Morgan fingerprint density at radius 1 is 1.00 bits per heavy atom. The topological polar surface area (TPSA) is 29.5 Å². The van der Waals surface area contributed by atoms with E-state index in [1.54, 1.807) is 0 Å². The third kappa shape index (κ3) is 5.20. The second kappa shape index (κ2) is 9.05. The molecule has 3 heteroatoms. The zero-order valence-corrected chi connectivity index (χ0v) is 16.6. The minimum atomic E-state index is 0.159. The van der Waals surface area contributed by atoms with Crippen molar-refractivity contribution in [1.29, 1.82) is 0 Å². The summed E-state index contributed by atoms with van der Waals surface area (Å²) in [6, 6.07) is 0.406. The van der Waals surface area contributed by atoms with Crippen LogP contribution in [0.2, 0.25) is 0 Å². The predicted octanol–water partition coefficient (Wildman–Crippen LogP) is 4.75. The number of ether oxygens (including phenoxy) is 1. The highest BCUT2D eigenvalue weighted by Crippen LogP contribution is 2.37. The zero-order valence-electron chi connectivity index (χ0n) is 16.6. The molecule has 0 aromatic carbocycles. The molecule has 0 aliphatic carbocycles. The number of amides is 1. The number of nitrogens with zero attached hydrogens (tertiary/aromatic N) is 1. The van der Waals surface area contributed by atoms with Gasteiger partial charge in [-0.2, -0.15) is 0 Å². The predicted molar refractivity (Wildman–Crippen MR) is 97.4 cm³/mol. The summed E-state index contributed by atoms with van der Waals surface area (Å²) in [5, 5.41) is 0. The van der Waals surface area contributed by atoms with Gasteiger partial charge < -0.3 is 9.64 Å². The molecule has 3 nitrogen and oxygen atoms in total. The van der Waals surface area contributed by atoms with Crippen LogP contribution in [-0.4, -0.2) is 35.6 Å². The highest BCUT2D eigenvalue weighted by Gasteiger charge is 2.41. The van der Waals surface area contributed by atoms with E-state index < -0.39 is 0 Å². The number of hydrogen-bond acceptors (Lipinski definition) is 2. The van der Waals surface area contributed by atoms with E-state index in [-0.39, 0.29) is 18.1 Å². The van der Waals surface area contributed by atoms with Crippen molar-refractivity contribution in [1.82, 2.24) is 4.90 Å². The molecule has 0 radical (unpaired) electrons. The monoisotopic (exact) mass is 325 g/mol. The van der Waals surface area contributed by atoms with E-state index in [9.17, 15) is 4.79 Å².